The third-order valence-corrected chi connectivity index (χ3v) is 4.21. The van der Waals surface area contributed by atoms with Crippen LogP contribution in [0.3, 0.4) is 0 Å². The minimum Gasteiger partial charge on any atom is -0.444 e. The molecule has 0 saturated heterocycles. The number of nitrogens with one attached hydrogen (secondary N) is 2. The van der Waals surface area contributed by atoms with E-state index in [-0.39, 0.29) is 0 Å². The van der Waals surface area contributed by atoms with Crippen molar-refractivity contribution in [2.24, 2.45) is 0 Å². The number of thioether (sulfide) groups is 1. The molecular formula is C19H20N2O4S. The van der Waals surface area contributed by atoms with E-state index in [1.807, 2.05) is 6.26 Å². The number of imide groups is 1. The Bertz CT molecular complexity index is 763. The Kier molecular flexibility index (Phi) is 7.23. The van der Waals surface area contributed by atoms with E-state index < -0.39 is 24.0 Å². The molecule has 2 aromatic rings. The summed E-state index contributed by atoms with van der Waals surface area (Å²) >= 11 is 1.56. The van der Waals surface area contributed by atoms with Crippen LogP contribution < -0.4 is 10.6 Å². The summed E-state index contributed by atoms with van der Waals surface area (Å²) in [5, 5.41) is 4.65. The molecule has 2 aromatic carbocycles. The van der Waals surface area contributed by atoms with Gasteiger partial charge in [0.2, 0.25) is 6.10 Å². The lowest BCUT2D eigenvalue weighted by molar-refractivity contribution is -0.129. The standard InChI is InChI=1S/C19H20N2O4S/c1-3-20-19(24)21-17(22)16(13-7-5-4-6-8-13)25-18(23)14-9-11-15(26-2)12-10-14/h4-12,16H,3H2,1-2H3,(H2,20,21,22,24)/t16-/m1/s1. The Morgan fingerprint density at radius 1 is 1.04 bits per heavy atom. The zero-order valence-electron chi connectivity index (χ0n) is 14.5. The van der Waals surface area contributed by atoms with Gasteiger partial charge >= 0.3 is 12.0 Å². The average molecular weight is 372 g/mol. The molecule has 0 aromatic heterocycles. The summed E-state index contributed by atoms with van der Waals surface area (Å²) in [6.07, 6.45) is 0.705. The van der Waals surface area contributed by atoms with Crippen molar-refractivity contribution in [3.63, 3.8) is 0 Å². The number of esters is 1. The lowest BCUT2D eigenvalue weighted by Crippen LogP contribution is -2.42. The molecule has 1 atom stereocenters. The topological polar surface area (TPSA) is 84.5 Å². The first-order chi connectivity index (χ1) is 12.5. The van der Waals surface area contributed by atoms with Crippen molar-refractivity contribution >= 4 is 29.7 Å². The minimum absolute atomic E-state index is 0.328. The fraction of sp³-hybridized carbons (Fsp3) is 0.211. The Balaban J connectivity index is 2.19. The van der Waals surface area contributed by atoms with Crippen molar-refractivity contribution in [1.82, 2.24) is 10.6 Å². The molecule has 2 N–H and O–H groups in total. The fourth-order valence-corrected chi connectivity index (χ4v) is 2.59. The number of carbonyl (C=O) groups is 3. The van der Waals surface area contributed by atoms with E-state index in [2.05, 4.69) is 10.6 Å². The number of ether oxygens (including phenoxy) is 1. The van der Waals surface area contributed by atoms with Crippen LogP contribution in [0, 0.1) is 0 Å². The van der Waals surface area contributed by atoms with Gasteiger partial charge in [0.15, 0.2) is 0 Å². The molecule has 0 radical (unpaired) electrons. The molecule has 2 rings (SSSR count). The van der Waals surface area contributed by atoms with E-state index >= 15 is 0 Å². The largest absolute Gasteiger partial charge is 0.444 e. The van der Waals surface area contributed by atoms with Crippen LogP contribution in [0.5, 0.6) is 0 Å². The number of hydrogen-bond acceptors (Lipinski definition) is 5. The van der Waals surface area contributed by atoms with Crippen LogP contribution >= 0.6 is 11.8 Å². The van der Waals surface area contributed by atoms with E-state index in [1.165, 1.54) is 0 Å². The number of benzene rings is 2. The zero-order chi connectivity index (χ0) is 18.9. The molecule has 0 unspecified atom stereocenters. The first-order valence-electron chi connectivity index (χ1n) is 8.03. The van der Waals surface area contributed by atoms with Gasteiger partial charge in [-0.25, -0.2) is 9.59 Å². The summed E-state index contributed by atoms with van der Waals surface area (Å²) in [6, 6.07) is 14.8. The highest BCUT2D eigenvalue weighted by Crippen LogP contribution is 2.21. The van der Waals surface area contributed by atoms with Crippen molar-refractivity contribution in [2.45, 2.75) is 17.9 Å². The molecule has 3 amide bonds. The van der Waals surface area contributed by atoms with Gasteiger partial charge in [0.1, 0.15) is 0 Å². The number of carbonyl (C=O) groups excluding carboxylic acids is 3. The molecule has 0 saturated carbocycles. The van der Waals surface area contributed by atoms with Crippen LogP contribution in [0.4, 0.5) is 4.79 Å². The number of hydrogen-bond donors (Lipinski definition) is 2. The predicted molar refractivity (Wildman–Crippen MR) is 100 cm³/mol. The van der Waals surface area contributed by atoms with E-state index in [1.54, 1.807) is 73.3 Å². The highest BCUT2D eigenvalue weighted by atomic mass is 32.2. The van der Waals surface area contributed by atoms with Crippen molar-refractivity contribution in [2.75, 3.05) is 12.8 Å². The van der Waals surface area contributed by atoms with Crippen LogP contribution in [0.2, 0.25) is 0 Å². The molecule has 0 bridgehead atoms. The predicted octanol–water partition coefficient (Wildman–Crippen LogP) is 3.15. The van der Waals surface area contributed by atoms with Crippen LogP contribution in [0.15, 0.2) is 59.5 Å². The number of amides is 3. The van der Waals surface area contributed by atoms with Gasteiger partial charge in [0, 0.05) is 17.0 Å². The second kappa shape index (κ2) is 9.62. The van der Waals surface area contributed by atoms with Crippen LogP contribution in [0.25, 0.3) is 0 Å². The quantitative estimate of drug-likeness (QED) is 0.601. The second-order valence-corrected chi connectivity index (χ2v) is 6.15. The van der Waals surface area contributed by atoms with E-state index in [0.717, 1.165) is 4.90 Å². The lowest BCUT2D eigenvalue weighted by Gasteiger charge is -2.17. The molecule has 0 aliphatic carbocycles. The Morgan fingerprint density at radius 2 is 1.69 bits per heavy atom. The van der Waals surface area contributed by atoms with E-state index in [0.29, 0.717) is 17.7 Å². The summed E-state index contributed by atoms with van der Waals surface area (Å²) in [6.45, 7) is 2.10. The zero-order valence-corrected chi connectivity index (χ0v) is 15.3. The van der Waals surface area contributed by atoms with Gasteiger partial charge in [-0.1, -0.05) is 30.3 Å². The molecule has 7 heteroatoms. The third kappa shape index (κ3) is 5.35. The molecule has 136 valence electrons. The van der Waals surface area contributed by atoms with Gasteiger partial charge in [0.05, 0.1) is 5.56 Å². The molecule has 0 fully saturated rings. The summed E-state index contributed by atoms with van der Waals surface area (Å²) in [5.74, 6) is -1.35. The van der Waals surface area contributed by atoms with E-state index in [9.17, 15) is 14.4 Å². The molecule has 26 heavy (non-hydrogen) atoms. The van der Waals surface area contributed by atoms with Crippen molar-refractivity contribution in [3.8, 4) is 0 Å². The summed E-state index contributed by atoms with van der Waals surface area (Å²) in [5.41, 5.74) is 0.804. The van der Waals surface area contributed by atoms with E-state index in [4.69, 9.17) is 4.74 Å². The first-order valence-corrected chi connectivity index (χ1v) is 9.26. The molecule has 0 heterocycles. The number of urea groups is 1. The molecule has 6 nitrogen and oxygen atoms in total. The number of rotatable bonds is 6. The Labute approximate surface area is 156 Å². The lowest BCUT2D eigenvalue weighted by atomic mass is 10.1. The fourth-order valence-electron chi connectivity index (χ4n) is 2.19. The van der Waals surface area contributed by atoms with Crippen LogP contribution in [0.1, 0.15) is 28.9 Å². The normalized spacial score (nSPS) is 11.3. The minimum atomic E-state index is -1.23. The van der Waals surface area contributed by atoms with Crippen LogP contribution in [-0.4, -0.2) is 30.7 Å². The van der Waals surface area contributed by atoms with Gasteiger partial charge < -0.3 is 10.1 Å². The molecule has 0 spiro atoms. The summed E-state index contributed by atoms with van der Waals surface area (Å²) < 4.78 is 5.40. The summed E-state index contributed by atoms with van der Waals surface area (Å²) in [4.78, 5) is 37.5. The van der Waals surface area contributed by atoms with Gasteiger partial charge in [0.25, 0.3) is 5.91 Å². The maximum atomic E-state index is 12.4. The second-order valence-electron chi connectivity index (χ2n) is 5.27. The van der Waals surface area contributed by atoms with Gasteiger partial charge in [-0.05, 0) is 37.4 Å². The SMILES string of the molecule is CCNC(=O)NC(=O)[C@H](OC(=O)c1ccc(SC)cc1)c1ccccc1. The highest BCUT2D eigenvalue weighted by Gasteiger charge is 2.27. The highest BCUT2D eigenvalue weighted by molar-refractivity contribution is 7.98. The monoisotopic (exact) mass is 372 g/mol. The van der Waals surface area contributed by atoms with Crippen molar-refractivity contribution in [3.05, 3.63) is 65.7 Å². The van der Waals surface area contributed by atoms with Gasteiger partial charge in [-0.2, -0.15) is 0 Å². The smallest absolute Gasteiger partial charge is 0.339 e. The Morgan fingerprint density at radius 3 is 2.27 bits per heavy atom. The van der Waals surface area contributed by atoms with Gasteiger partial charge in [-0.3, -0.25) is 10.1 Å². The first kappa shape index (κ1) is 19.5. The molecular weight excluding hydrogens is 352 g/mol. The van der Waals surface area contributed by atoms with Crippen molar-refractivity contribution in [1.29, 1.82) is 0 Å². The molecule has 0 aliphatic heterocycles. The van der Waals surface area contributed by atoms with Gasteiger partial charge in [-0.15, -0.1) is 11.8 Å². The maximum Gasteiger partial charge on any atom is 0.339 e. The molecule has 0 aliphatic rings. The Hall–Kier alpha value is -2.80. The third-order valence-electron chi connectivity index (χ3n) is 3.47. The van der Waals surface area contributed by atoms with Crippen molar-refractivity contribution < 1.29 is 19.1 Å². The summed E-state index contributed by atoms with van der Waals surface area (Å²) in [7, 11) is 0. The average Bonchev–Trinajstić information content (AvgIpc) is 2.66. The van der Waals surface area contributed by atoms with Crippen LogP contribution in [-0.2, 0) is 9.53 Å². The maximum absolute atomic E-state index is 12.4.